The Morgan fingerprint density at radius 1 is 1.36 bits per heavy atom. The highest BCUT2D eigenvalue weighted by Crippen LogP contribution is 2.24. The summed E-state index contributed by atoms with van der Waals surface area (Å²) in [6.45, 7) is 5.03. The van der Waals surface area contributed by atoms with Crippen LogP contribution >= 0.6 is 0 Å². The molecule has 1 aromatic rings. The molecule has 2 aliphatic heterocycles. The van der Waals surface area contributed by atoms with Crippen LogP contribution < -0.4 is 5.32 Å². The largest absolute Gasteiger partial charge is 0.378 e. The van der Waals surface area contributed by atoms with Crippen molar-refractivity contribution in [3.05, 3.63) is 35.9 Å². The van der Waals surface area contributed by atoms with Gasteiger partial charge < -0.3 is 10.1 Å². The van der Waals surface area contributed by atoms with Gasteiger partial charge >= 0.3 is 0 Å². The zero-order valence-corrected chi connectivity index (χ0v) is 13.3. The Kier molecular flexibility index (Phi) is 5.11. The molecular weight excluding hydrogens is 276 g/mol. The molecule has 4 nitrogen and oxygen atoms in total. The van der Waals surface area contributed by atoms with Crippen molar-refractivity contribution in [3.8, 4) is 0 Å². The van der Waals surface area contributed by atoms with Crippen molar-refractivity contribution >= 4 is 5.91 Å². The monoisotopic (exact) mass is 302 g/mol. The van der Waals surface area contributed by atoms with Crippen LogP contribution in [0.5, 0.6) is 0 Å². The summed E-state index contributed by atoms with van der Waals surface area (Å²) in [6.07, 6.45) is 3.80. The Labute approximate surface area is 132 Å². The van der Waals surface area contributed by atoms with Crippen molar-refractivity contribution in [2.75, 3.05) is 19.7 Å². The van der Waals surface area contributed by atoms with Gasteiger partial charge in [-0.25, -0.2) is 0 Å². The van der Waals surface area contributed by atoms with Gasteiger partial charge in [0.25, 0.3) is 0 Å². The van der Waals surface area contributed by atoms with E-state index in [0.29, 0.717) is 12.5 Å². The molecule has 0 saturated carbocycles. The van der Waals surface area contributed by atoms with E-state index in [1.165, 1.54) is 5.56 Å². The van der Waals surface area contributed by atoms with Crippen LogP contribution in [0.2, 0.25) is 0 Å². The zero-order valence-electron chi connectivity index (χ0n) is 13.3. The summed E-state index contributed by atoms with van der Waals surface area (Å²) >= 11 is 0. The molecule has 3 atom stereocenters. The van der Waals surface area contributed by atoms with Gasteiger partial charge in [0.2, 0.25) is 5.91 Å². The van der Waals surface area contributed by atoms with Gasteiger partial charge in [-0.1, -0.05) is 30.3 Å². The van der Waals surface area contributed by atoms with E-state index >= 15 is 0 Å². The van der Waals surface area contributed by atoms with E-state index in [-0.39, 0.29) is 18.1 Å². The molecule has 0 spiro atoms. The van der Waals surface area contributed by atoms with E-state index in [4.69, 9.17) is 4.74 Å². The van der Waals surface area contributed by atoms with Crippen LogP contribution in [0, 0.1) is 0 Å². The van der Waals surface area contributed by atoms with Crippen LogP contribution in [0.3, 0.4) is 0 Å². The van der Waals surface area contributed by atoms with E-state index in [1.807, 2.05) is 6.07 Å². The van der Waals surface area contributed by atoms with Crippen molar-refractivity contribution in [2.24, 2.45) is 0 Å². The highest BCUT2D eigenvalue weighted by atomic mass is 16.5. The number of nitrogens with one attached hydrogen (secondary N) is 1. The molecule has 120 valence electrons. The molecule has 0 radical (unpaired) electrons. The number of hydrogen-bond acceptors (Lipinski definition) is 3. The molecule has 2 saturated heterocycles. The van der Waals surface area contributed by atoms with Crippen molar-refractivity contribution in [3.63, 3.8) is 0 Å². The molecule has 1 N–H and O–H groups in total. The maximum Gasteiger partial charge on any atom is 0.222 e. The fourth-order valence-corrected chi connectivity index (χ4v) is 3.50. The van der Waals surface area contributed by atoms with Crippen molar-refractivity contribution in [1.82, 2.24) is 10.2 Å². The number of nitrogens with zero attached hydrogens (tertiary/aromatic N) is 1. The quantitative estimate of drug-likeness (QED) is 0.908. The topological polar surface area (TPSA) is 41.6 Å². The van der Waals surface area contributed by atoms with E-state index in [0.717, 1.165) is 39.0 Å². The van der Waals surface area contributed by atoms with E-state index in [9.17, 15) is 4.79 Å². The maximum atomic E-state index is 12.1. The third-order valence-electron chi connectivity index (χ3n) is 4.85. The standard InChI is InChI=1S/C18H26N2O2/c1-14(15-6-3-2-4-7-15)20-10-9-16(13-20)19-18(21)12-17-8-5-11-22-17/h2-4,6-7,14,16-17H,5,8-13H2,1H3,(H,19,21)/t14-,16-,17-/m1/s1. The molecule has 2 fully saturated rings. The average Bonchev–Trinajstić information content (AvgIpc) is 3.19. The minimum Gasteiger partial charge on any atom is -0.378 e. The van der Waals surface area contributed by atoms with E-state index < -0.39 is 0 Å². The van der Waals surface area contributed by atoms with Crippen molar-refractivity contribution in [2.45, 2.75) is 50.8 Å². The molecule has 0 aliphatic carbocycles. The summed E-state index contributed by atoms with van der Waals surface area (Å²) < 4.78 is 5.53. The van der Waals surface area contributed by atoms with Gasteiger partial charge in [0.15, 0.2) is 0 Å². The van der Waals surface area contributed by atoms with Gasteiger partial charge in [-0.15, -0.1) is 0 Å². The summed E-state index contributed by atoms with van der Waals surface area (Å²) in [5, 5.41) is 3.18. The zero-order chi connectivity index (χ0) is 15.4. The lowest BCUT2D eigenvalue weighted by molar-refractivity contribution is -0.123. The van der Waals surface area contributed by atoms with E-state index in [1.54, 1.807) is 0 Å². The molecule has 0 bridgehead atoms. The molecule has 2 aliphatic rings. The predicted molar refractivity (Wildman–Crippen MR) is 86.6 cm³/mol. The lowest BCUT2D eigenvalue weighted by Crippen LogP contribution is -2.38. The predicted octanol–water partition coefficient (Wildman–Crippen LogP) is 2.51. The van der Waals surface area contributed by atoms with Crippen LogP contribution in [-0.2, 0) is 9.53 Å². The summed E-state index contributed by atoms with van der Waals surface area (Å²) in [4.78, 5) is 14.5. The first kappa shape index (κ1) is 15.5. The fourth-order valence-electron chi connectivity index (χ4n) is 3.50. The minimum absolute atomic E-state index is 0.140. The molecule has 1 aromatic carbocycles. The van der Waals surface area contributed by atoms with Gasteiger partial charge in [-0.3, -0.25) is 9.69 Å². The van der Waals surface area contributed by atoms with E-state index in [2.05, 4.69) is 41.4 Å². The third-order valence-corrected chi connectivity index (χ3v) is 4.85. The Bertz CT molecular complexity index is 485. The van der Waals surface area contributed by atoms with Gasteiger partial charge in [-0.05, 0) is 31.7 Å². The molecule has 0 unspecified atom stereocenters. The van der Waals surface area contributed by atoms with Crippen LogP contribution in [-0.4, -0.2) is 42.6 Å². The fraction of sp³-hybridized carbons (Fsp3) is 0.611. The molecule has 3 rings (SSSR count). The second-order valence-electron chi connectivity index (χ2n) is 6.47. The second kappa shape index (κ2) is 7.25. The second-order valence-corrected chi connectivity index (χ2v) is 6.47. The molecular formula is C18H26N2O2. The lowest BCUT2D eigenvalue weighted by atomic mass is 10.1. The number of likely N-dealkylation sites (tertiary alicyclic amines) is 1. The Morgan fingerprint density at radius 3 is 2.91 bits per heavy atom. The van der Waals surface area contributed by atoms with Gasteiger partial charge in [0.05, 0.1) is 12.5 Å². The summed E-state index contributed by atoms with van der Waals surface area (Å²) in [5.74, 6) is 0.145. The molecule has 0 aromatic heterocycles. The van der Waals surface area contributed by atoms with Gasteiger partial charge in [0, 0.05) is 31.8 Å². The van der Waals surface area contributed by atoms with Crippen molar-refractivity contribution in [1.29, 1.82) is 0 Å². The van der Waals surface area contributed by atoms with Gasteiger partial charge in [0.1, 0.15) is 0 Å². The number of hydrogen-bond donors (Lipinski definition) is 1. The minimum atomic E-state index is 0.140. The molecule has 2 heterocycles. The lowest BCUT2D eigenvalue weighted by Gasteiger charge is -2.25. The summed E-state index contributed by atoms with van der Waals surface area (Å²) in [7, 11) is 0. The van der Waals surface area contributed by atoms with Crippen LogP contribution in [0.25, 0.3) is 0 Å². The van der Waals surface area contributed by atoms with Crippen LogP contribution in [0.15, 0.2) is 30.3 Å². The number of amides is 1. The summed E-state index contributed by atoms with van der Waals surface area (Å²) in [5.41, 5.74) is 1.34. The first-order valence-electron chi connectivity index (χ1n) is 8.42. The number of rotatable bonds is 5. The third kappa shape index (κ3) is 3.87. The first-order chi connectivity index (χ1) is 10.7. The number of carbonyl (C=O) groups excluding carboxylic acids is 1. The Hall–Kier alpha value is -1.39. The van der Waals surface area contributed by atoms with Crippen molar-refractivity contribution < 1.29 is 9.53 Å². The SMILES string of the molecule is C[C@H](c1ccccc1)N1CC[C@@H](NC(=O)C[C@H]2CCCO2)C1. The molecule has 1 amide bonds. The normalized spacial score (nSPS) is 27.0. The maximum absolute atomic E-state index is 12.1. The number of carbonyl (C=O) groups is 1. The average molecular weight is 302 g/mol. The number of ether oxygens (including phenoxy) is 1. The summed E-state index contributed by atoms with van der Waals surface area (Å²) in [6, 6.07) is 11.3. The highest BCUT2D eigenvalue weighted by molar-refractivity contribution is 5.76. The molecule has 4 heteroatoms. The Balaban J connectivity index is 1.46. The first-order valence-corrected chi connectivity index (χ1v) is 8.42. The highest BCUT2D eigenvalue weighted by Gasteiger charge is 2.28. The van der Waals surface area contributed by atoms with Crippen LogP contribution in [0.4, 0.5) is 0 Å². The van der Waals surface area contributed by atoms with Crippen LogP contribution in [0.1, 0.15) is 44.2 Å². The number of benzene rings is 1. The van der Waals surface area contributed by atoms with Gasteiger partial charge in [-0.2, -0.15) is 0 Å². The smallest absolute Gasteiger partial charge is 0.222 e. The Morgan fingerprint density at radius 2 is 2.18 bits per heavy atom. The molecule has 22 heavy (non-hydrogen) atoms.